The second-order valence-electron chi connectivity index (χ2n) is 7.12. The van der Waals surface area contributed by atoms with Gasteiger partial charge >= 0.3 is 6.18 Å². The molecule has 0 aliphatic carbocycles. The third-order valence-electron chi connectivity index (χ3n) is 4.71. The van der Waals surface area contributed by atoms with Crippen LogP contribution in [-0.4, -0.2) is 65.0 Å². The van der Waals surface area contributed by atoms with E-state index in [1.807, 2.05) is 13.8 Å². The number of pyridine rings is 1. The zero-order chi connectivity index (χ0) is 21.0. The van der Waals surface area contributed by atoms with Crippen LogP contribution in [0.15, 0.2) is 24.5 Å². The highest BCUT2D eigenvalue weighted by Crippen LogP contribution is 2.29. The maximum absolute atomic E-state index is 12.8. The summed E-state index contributed by atoms with van der Waals surface area (Å²) in [5, 5.41) is 7.10. The van der Waals surface area contributed by atoms with Crippen molar-refractivity contribution in [3.05, 3.63) is 41.3 Å². The van der Waals surface area contributed by atoms with E-state index in [0.717, 1.165) is 31.9 Å². The van der Waals surface area contributed by atoms with Crippen molar-refractivity contribution in [2.45, 2.75) is 25.9 Å². The van der Waals surface area contributed by atoms with Gasteiger partial charge in [-0.3, -0.25) is 9.69 Å². The van der Waals surface area contributed by atoms with Gasteiger partial charge in [0.1, 0.15) is 0 Å². The number of carbonyl (C=O) groups is 1. The second kappa shape index (κ2) is 8.91. The Hall–Kier alpha value is -2.46. The van der Waals surface area contributed by atoms with Crippen LogP contribution in [0.3, 0.4) is 0 Å². The Bertz CT molecular complexity index is 827. The quantitative estimate of drug-likeness (QED) is 0.791. The molecule has 1 aliphatic heterocycles. The van der Waals surface area contributed by atoms with Gasteiger partial charge in [0.2, 0.25) is 0 Å². The number of hydrogen-bond acceptors (Lipinski definition) is 5. The molecule has 3 heterocycles. The van der Waals surface area contributed by atoms with Gasteiger partial charge in [0.15, 0.2) is 5.82 Å². The number of carbonyl (C=O) groups excluding carboxylic acids is 1. The Balaban J connectivity index is 1.73. The topological polar surface area (TPSA) is 72.3 Å². The first-order chi connectivity index (χ1) is 13.8. The first kappa shape index (κ1) is 21.3. The molecule has 29 heavy (non-hydrogen) atoms. The minimum Gasteiger partial charge on any atom is -0.379 e. The van der Waals surface area contributed by atoms with Crippen LogP contribution in [0.1, 0.15) is 41.4 Å². The lowest BCUT2D eigenvalue weighted by Gasteiger charge is -2.26. The molecule has 2 aromatic heterocycles. The largest absolute Gasteiger partial charge is 0.417 e. The van der Waals surface area contributed by atoms with Crippen LogP contribution in [0.2, 0.25) is 0 Å². The van der Waals surface area contributed by atoms with Crippen LogP contribution < -0.4 is 5.32 Å². The third kappa shape index (κ3) is 5.13. The minimum absolute atomic E-state index is 0.0819. The molecule has 1 N–H and O–H groups in total. The fourth-order valence-electron chi connectivity index (χ4n) is 3.20. The van der Waals surface area contributed by atoms with Gasteiger partial charge < -0.3 is 10.1 Å². The number of rotatable bonds is 6. The zero-order valence-corrected chi connectivity index (χ0v) is 16.4. The Morgan fingerprint density at radius 1 is 1.24 bits per heavy atom. The molecule has 1 fully saturated rings. The molecule has 0 radical (unpaired) electrons. The summed E-state index contributed by atoms with van der Waals surface area (Å²) in [5.41, 5.74) is 0.158. The number of amides is 1. The van der Waals surface area contributed by atoms with Crippen LogP contribution in [0, 0.1) is 0 Å². The summed E-state index contributed by atoms with van der Waals surface area (Å²) in [6.07, 6.45) is -2.26. The highest BCUT2D eigenvalue weighted by Gasteiger charge is 2.31. The summed E-state index contributed by atoms with van der Waals surface area (Å²) >= 11 is 0. The van der Waals surface area contributed by atoms with Gasteiger partial charge in [-0.15, -0.1) is 0 Å². The number of nitrogens with one attached hydrogen (secondary N) is 1. The smallest absolute Gasteiger partial charge is 0.379 e. The van der Waals surface area contributed by atoms with E-state index in [1.165, 1.54) is 16.9 Å². The van der Waals surface area contributed by atoms with Crippen molar-refractivity contribution in [3.8, 4) is 5.82 Å². The zero-order valence-electron chi connectivity index (χ0n) is 16.4. The van der Waals surface area contributed by atoms with Gasteiger partial charge in [0.05, 0.1) is 36.2 Å². The fourth-order valence-corrected chi connectivity index (χ4v) is 3.20. The monoisotopic (exact) mass is 411 g/mol. The van der Waals surface area contributed by atoms with E-state index >= 15 is 0 Å². The van der Waals surface area contributed by atoms with Crippen molar-refractivity contribution in [2.75, 3.05) is 39.4 Å². The molecule has 0 bridgehead atoms. The Morgan fingerprint density at radius 2 is 1.97 bits per heavy atom. The number of nitrogens with zero attached hydrogens (tertiary/aromatic N) is 4. The van der Waals surface area contributed by atoms with Crippen LogP contribution in [0.4, 0.5) is 13.2 Å². The number of hydrogen-bond donors (Lipinski definition) is 1. The van der Waals surface area contributed by atoms with Crippen molar-refractivity contribution in [1.29, 1.82) is 0 Å². The predicted octanol–water partition coefficient (Wildman–Crippen LogP) is 2.47. The van der Waals surface area contributed by atoms with E-state index in [0.29, 0.717) is 31.0 Å². The molecule has 0 atom stereocenters. The average molecular weight is 411 g/mol. The number of morpholine rings is 1. The third-order valence-corrected chi connectivity index (χ3v) is 4.71. The molecule has 7 nitrogen and oxygen atoms in total. The second-order valence-corrected chi connectivity index (χ2v) is 7.12. The molecule has 158 valence electrons. The number of ether oxygens (including phenoxy) is 1. The van der Waals surface area contributed by atoms with Crippen molar-refractivity contribution in [2.24, 2.45) is 0 Å². The molecule has 1 aliphatic rings. The molecule has 0 saturated carbocycles. The standard InChI is InChI=1S/C19H24F3N5O2/c1-13(2)17-15(18(28)23-5-6-26-7-9-29-10-8-26)12-25-27(17)16-4-3-14(11-24-16)19(20,21)22/h3-4,11-13H,5-10H2,1-2H3,(H,23,28). The molecule has 0 unspecified atom stereocenters. The summed E-state index contributed by atoms with van der Waals surface area (Å²) in [5.74, 6) is -0.115. The number of halogens is 3. The Kier molecular flexibility index (Phi) is 6.53. The first-order valence-electron chi connectivity index (χ1n) is 9.47. The maximum Gasteiger partial charge on any atom is 0.417 e. The molecule has 3 rings (SSSR count). The summed E-state index contributed by atoms with van der Waals surface area (Å²) in [6.45, 7) is 8.05. The molecular formula is C19H24F3N5O2. The molecular weight excluding hydrogens is 387 g/mol. The van der Waals surface area contributed by atoms with E-state index in [9.17, 15) is 18.0 Å². The lowest BCUT2D eigenvalue weighted by Crippen LogP contribution is -2.41. The lowest BCUT2D eigenvalue weighted by molar-refractivity contribution is -0.137. The van der Waals surface area contributed by atoms with E-state index in [2.05, 4.69) is 20.3 Å². The van der Waals surface area contributed by atoms with E-state index in [1.54, 1.807) is 0 Å². The molecule has 0 spiro atoms. The Morgan fingerprint density at radius 3 is 2.55 bits per heavy atom. The van der Waals surface area contributed by atoms with Crippen molar-refractivity contribution >= 4 is 5.91 Å². The highest BCUT2D eigenvalue weighted by atomic mass is 19.4. The molecule has 10 heteroatoms. The highest BCUT2D eigenvalue weighted by molar-refractivity contribution is 5.95. The van der Waals surface area contributed by atoms with Crippen molar-refractivity contribution in [3.63, 3.8) is 0 Å². The minimum atomic E-state index is -4.46. The summed E-state index contributed by atoms with van der Waals surface area (Å²) in [7, 11) is 0. The van der Waals surface area contributed by atoms with Crippen LogP contribution in [0.25, 0.3) is 5.82 Å². The van der Waals surface area contributed by atoms with Gasteiger partial charge in [-0.25, -0.2) is 9.67 Å². The van der Waals surface area contributed by atoms with Gasteiger partial charge in [-0.05, 0) is 18.1 Å². The Labute approximate surface area is 166 Å². The predicted molar refractivity (Wildman–Crippen MR) is 100 cm³/mol. The van der Waals surface area contributed by atoms with E-state index in [4.69, 9.17) is 4.74 Å². The first-order valence-corrected chi connectivity index (χ1v) is 9.47. The lowest BCUT2D eigenvalue weighted by atomic mass is 10.1. The van der Waals surface area contributed by atoms with E-state index < -0.39 is 11.7 Å². The van der Waals surface area contributed by atoms with Crippen LogP contribution in [-0.2, 0) is 10.9 Å². The van der Waals surface area contributed by atoms with Gasteiger partial charge in [0, 0.05) is 32.4 Å². The van der Waals surface area contributed by atoms with Crippen LogP contribution in [0.5, 0.6) is 0 Å². The SMILES string of the molecule is CC(C)c1c(C(=O)NCCN2CCOCC2)cnn1-c1ccc(C(F)(F)F)cn1. The van der Waals surface area contributed by atoms with Crippen molar-refractivity contribution in [1.82, 2.24) is 25.0 Å². The molecule has 1 amide bonds. The van der Waals surface area contributed by atoms with Crippen molar-refractivity contribution < 1.29 is 22.7 Å². The van der Waals surface area contributed by atoms with Gasteiger partial charge in [-0.1, -0.05) is 13.8 Å². The van der Waals surface area contributed by atoms with Gasteiger partial charge in [-0.2, -0.15) is 18.3 Å². The number of aromatic nitrogens is 3. The molecule has 1 saturated heterocycles. The summed E-state index contributed by atoms with van der Waals surface area (Å²) in [4.78, 5) is 18.8. The summed E-state index contributed by atoms with van der Waals surface area (Å²) in [6, 6.07) is 2.21. The molecule has 2 aromatic rings. The fraction of sp³-hybridized carbons (Fsp3) is 0.526. The average Bonchev–Trinajstić information content (AvgIpc) is 3.14. The summed E-state index contributed by atoms with van der Waals surface area (Å²) < 4.78 is 45.0. The van der Waals surface area contributed by atoms with Gasteiger partial charge in [0.25, 0.3) is 5.91 Å². The van der Waals surface area contributed by atoms with Crippen LogP contribution >= 0.6 is 0 Å². The van der Waals surface area contributed by atoms with E-state index in [-0.39, 0.29) is 17.6 Å². The molecule has 0 aromatic carbocycles. The number of alkyl halides is 3. The maximum atomic E-state index is 12.8. The normalized spacial score (nSPS) is 15.7.